The molecule has 0 aliphatic heterocycles. The number of pyridine rings is 1. The third-order valence-corrected chi connectivity index (χ3v) is 11.2. The van der Waals surface area contributed by atoms with Crippen molar-refractivity contribution < 1.29 is 0 Å². The van der Waals surface area contributed by atoms with E-state index in [4.69, 9.17) is 15.0 Å². The van der Waals surface area contributed by atoms with E-state index in [0.29, 0.717) is 5.82 Å². The highest BCUT2D eigenvalue weighted by Gasteiger charge is 2.18. The van der Waals surface area contributed by atoms with Gasteiger partial charge in [0.05, 0.1) is 22.6 Å². The molecule has 9 aromatic carbocycles. The summed E-state index contributed by atoms with van der Waals surface area (Å²) in [5.74, 6) is 0.694. The first-order valence-electron chi connectivity index (χ1n) is 19.7. The van der Waals surface area contributed by atoms with Crippen LogP contribution in [0.3, 0.4) is 0 Å². The van der Waals surface area contributed by atoms with E-state index in [1.165, 1.54) is 37.9 Å². The van der Waals surface area contributed by atoms with Gasteiger partial charge in [0.15, 0.2) is 5.82 Å². The van der Waals surface area contributed by atoms with Crippen LogP contribution in [0.1, 0.15) is 0 Å². The van der Waals surface area contributed by atoms with Crippen LogP contribution in [0, 0.1) is 0 Å². The summed E-state index contributed by atoms with van der Waals surface area (Å²) in [6.45, 7) is 0. The number of hydrogen-bond donors (Lipinski definition) is 0. The number of nitrogens with zero attached hydrogens (tertiary/aromatic N) is 3. The fourth-order valence-electron chi connectivity index (χ4n) is 8.49. The normalized spacial score (nSPS) is 11.4. The van der Waals surface area contributed by atoms with Crippen LogP contribution in [0.4, 0.5) is 0 Å². The van der Waals surface area contributed by atoms with E-state index < -0.39 is 0 Å². The zero-order valence-electron chi connectivity index (χ0n) is 31.5. The van der Waals surface area contributed by atoms with Gasteiger partial charge in [-0.05, 0) is 74.1 Å². The molecule has 0 fully saturated rings. The van der Waals surface area contributed by atoms with Crippen LogP contribution in [0.2, 0.25) is 0 Å². The van der Waals surface area contributed by atoms with Crippen molar-refractivity contribution in [3.05, 3.63) is 212 Å². The third kappa shape index (κ3) is 5.89. The molecule has 0 amide bonds. The van der Waals surface area contributed by atoms with E-state index in [1.807, 2.05) is 24.3 Å². The molecule has 58 heavy (non-hydrogen) atoms. The molecule has 0 saturated carbocycles. The molecule has 3 heteroatoms. The largest absolute Gasteiger partial charge is 0.247 e. The molecular formula is C55H35N3. The fourth-order valence-corrected chi connectivity index (χ4v) is 8.49. The summed E-state index contributed by atoms with van der Waals surface area (Å²) in [5, 5.41) is 8.52. The fraction of sp³-hybridized carbons (Fsp3) is 0. The predicted molar refractivity (Wildman–Crippen MR) is 242 cm³/mol. The van der Waals surface area contributed by atoms with Crippen LogP contribution in [0.25, 0.3) is 111 Å². The Balaban J connectivity index is 1.06. The minimum absolute atomic E-state index is 0.694. The van der Waals surface area contributed by atoms with Crippen LogP contribution in [-0.4, -0.2) is 15.0 Å². The smallest absolute Gasteiger partial charge is 0.160 e. The summed E-state index contributed by atoms with van der Waals surface area (Å²) in [6.07, 6.45) is 0. The second-order valence-corrected chi connectivity index (χ2v) is 14.8. The van der Waals surface area contributed by atoms with Gasteiger partial charge in [-0.1, -0.05) is 182 Å². The zero-order valence-corrected chi connectivity index (χ0v) is 31.5. The van der Waals surface area contributed by atoms with Gasteiger partial charge in [-0.25, -0.2) is 15.0 Å². The Kier molecular flexibility index (Phi) is 8.15. The van der Waals surface area contributed by atoms with E-state index in [9.17, 15) is 0 Å². The van der Waals surface area contributed by atoms with Gasteiger partial charge in [0.25, 0.3) is 0 Å². The Bertz CT molecular complexity index is 3340. The lowest BCUT2D eigenvalue weighted by molar-refractivity contribution is 1.18. The Labute approximate surface area is 336 Å². The molecule has 11 rings (SSSR count). The number of aromatic nitrogens is 3. The molecule has 0 aliphatic rings. The number of fused-ring (bicyclic) bond motifs is 8. The van der Waals surface area contributed by atoms with Crippen molar-refractivity contribution in [2.24, 2.45) is 0 Å². The van der Waals surface area contributed by atoms with Crippen LogP contribution < -0.4 is 0 Å². The molecule has 0 bridgehead atoms. The molecule has 0 radical (unpaired) electrons. The molecule has 0 atom stereocenters. The third-order valence-electron chi connectivity index (χ3n) is 11.2. The van der Waals surface area contributed by atoms with Crippen molar-refractivity contribution in [1.29, 1.82) is 0 Å². The highest BCUT2D eigenvalue weighted by atomic mass is 14.9. The van der Waals surface area contributed by atoms with Crippen molar-refractivity contribution >= 4 is 43.2 Å². The van der Waals surface area contributed by atoms with Gasteiger partial charge in [0.2, 0.25) is 0 Å². The van der Waals surface area contributed by atoms with Crippen LogP contribution in [0.5, 0.6) is 0 Å². The summed E-state index contributed by atoms with van der Waals surface area (Å²) in [4.78, 5) is 15.7. The van der Waals surface area contributed by atoms with Gasteiger partial charge in [-0.15, -0.1) is 0 Å². The maximum absolute atomic E-state index is 5.42. The minimum atomic E-state index is 0.694. The molecule has 0 N–H and O–H groups in total. The molecule has 0 aliphatic carbocycles. The number of benzene rings is 9. The molecular weight excluding hydrogens is 703 g/mol. The summed E-state index contributed by atoms with van der Waals surface area (Å²) >= 11 is 0. The monoisotopic (exact) mass is 737 g/mol. The van der Waals surface area contributed by atoms with Crippen molar-refractivity contribution in [1.82, 2.24) is 15.0 Å². The average Bonchev–Trinajstić information content (AvgIpc) is 3.31. The molecule has 0 spiro atoms. The van der Waals surface area contributed by atoms with E-state index in [0.717, 1.165) is 66.9 Å². The zero-order chi connectivity index (χ0) is 38.4. The van der Waals surface area contributed by atoms with Crippen molar-refractivity contribution in [2.45, 2.75) is 0 Å². The number of rotatable bonds is 6. The molecule has 0 saturated heterocycles. The molecule has 2 aromatic heterocycles. The Morgan fingerprint density at radius 1 is 0.241 bits per heavy atom. The second kappa shape index (κ2) is 14.1. The Morgan fingerprint density at radius 3 is 1.26 bits per heavy atom. The topological polar surface area (TPSA) is 38.7 Å². The van der Waals surface area contributed by atoms with Gasteiger partial charge in [0.1, 0.15) is 0 Å². The number of para-hydroxylation sites is 1. The molecule has 0 unspecified atom stereocenters. The van der Waals surface area contributed by atoms with Gasteiger partial charge in [-0.2, -0.15) is 0 Å². The van der Waals surface area contributed by atoms with Gasteiger partial charge in [-0.3, -0.25) is 0 Å². The average molecular weight is 738 g/mol. The van der Waals surface area contributed by atoms with Gasteiger partial charge < -0.3 is 0 Å². The lowest BCUT2D eigenvalue weighted by Gasteiger charge is -2.16. The molecule has 3 nitrogen and oxygen atoms in total. The Hall–Kier alpha value is -7.75. The lowest BCUT2D eigenvalue weighted by Crippen LogP contribution is -1.96. The van der Waals surface area contributed by atoms with Crippen molar-refractivity contribution in [3.8, 4) is 67.4 Å². The second-order valence-electron chi connectivity index (χ2n) is 14.8. The van der Waals surface area contributed by atoms with E-state index in [-0.39, 0.29) is 0 Å². The highest BCUT2D eigenvalue weighted by Crippen LogP contribution is 2.43. The Morgan fingerprint density at radius 2 is 0.655 bits per heavy atom. The summed E-state index contributed by atoms with van der Waals surface area (Å²) in [7, 11) is 0. The standard InChI is InChI=1S/C55H35N3/c1-3-16-36(17-4-1)38-20-13-23-41(32-38)50-35-51(58-55(57-50)37-18-5-2-6-19-37)42-24-14-21-39(33-42)40-22-15-25-43(34-40)54-53-47-29-10-8-27-45(47)44-26-7-9-28-46(44)52(53)48-30-11-12-31-49(48)56-54/h1-35H. The maximum Gasteiger partial charge on any atom is 0.160 e. The van der Waals surface area contributed by atoms with Gasteiger partial charge in [0, 0.05) is 38.4 Å². The maximum atomic E-state index is 5.42. The minimum Gasteiger partial charge on any atom is -0.247 e. The quantitative estimate of drug-likeness (QED) is 0.160. The van der Waals surface area contributed by atoms with Crippen molar-refractivity contribution in [3.63, 3.8) is 0 Å². The highest BCUT2D eigenvalue weighted by molar-refractivity contribution is 6.33. The number of hydrogen-bond acceptors (Lipinski definition) is 3. The lowest BCUT2D eigenvalue weighted by atomic mass is 9.89. The van der Waals surface area contributed by atoms with Crippen LogP contribution in [-0.2, 0) is 0 Å². The molecule has 11 aromatic rings. The summed E-state index contributed by atoms with van der Waals surface area (Å²) < 4.78 is 0. The SMILES string of the molecule is c1ccc(-c2cccc(-c3cc(-c4cccc(-c5cccc(-c6nc7ccccc7c7c8ccccc8c8ccccc8c67)c5)c4)nc(-c4ccccc4)n3)c2)cc1. The summed E-state index contributed by atoms with van der Waals surface area (Å²) in [5.41, 5.74) is 12.4. The van der Waals surface area contributed by atoms with Gasteiger partial charge >= 0.3 is 0 Å². The first kappa shape index (κ1) is 33.6. The predicted octanol–water partition coefficient (Wildman–Crippen LogP) is 14.5. The van der Waals surface area contributed by atoms with Crippen LogP contribution >= 0.6 is 0 Å². The van der Waals surface area contributed by atoms with E-state index >= 15 is 0 Å². The first-order chi connectivity index (χ1) is 28.7. The van der Waals surface area contributed by atoms with E-state index in [1.54, 1.807) is 0 Å². The van der Waals surface area contributed by atoms with Crippen molar-refractivity contribution in [2.75, 3.05) is 0 Å². The van der Waals surface area contributed by atoms with Crippen LogP contribution in [0.15, 0.2) is 212 Å². The van der Waals surface area contributed by atoms with E-state index in [2.05, 4.69) is 188 Å². The first-order valence-corrected chi connectivity index (χ1v) is 19.7. The molecule has 270 valence electrons. The summed E-state index contributed by atoms with van der Waals surface area (Å²) in [6, 6.07) is 75.0. The molecule has 2 heterocycles.